The zero-order chi connectivity index (χ0) is 12.8. The molecule has 0 heterocycles. The Bertz CT molecular complexity index is 176. The molecule has 98 valence electrons. The lowest BCUT2D eigenvalue weighted by Crippen LogP contribution is -2.32. The van der Waals surface area contributed by atoms with Crippen LogP contribution in [0.2, 0.25) is 0 Å². The highest BCUT2D eigenvalue weighted by molar-refractivity contribution is 4.70. The highest BCUT2D eigenvalue weighted by Gasteiger charge is 2.16. The van der Waals surface area contributed by atoms with Gasteiger partial charge in [0.25, 0.3) is 0 Å². The summed E-state index contributed by atoms with van der Waals surface area (Å²) >= 11 is 0. The zero-order valence-electron chi connectivity index (χ0n) is 12.1. The highest BCUT2D eigenvalue weighted by atomic mass is 16.3. The minimum absolute atomic E-state index is 0.299. The lowest BCUT2D eigenvalue weighted by molar-refractivity contribution is 0.193. The van der Waals surface area contributed by atoms with Crippen LogP contribution in [-0.2, 0) is 0 Å². The Hall–Kier alpha value is -0.0800. The van der Waals surface area contributed by atoms with Crippen LogP contribution in [0.5, 0.6) is 0 Å². The third-order valence-electron chi connectivity index (χ3n) is 2.65. The van der Waals surface area contributed by atoms with Gasteiger partial charge in [-0.05, 0) is 29.6 Å². The summed E-state index contributed by atoms with van der Waals surface area (Å²) in [5.41, 5.74) is 0.696. The Labute approximate surface area is 102 Å². The molecule has 0 aromatic rings. The van der Waals surface area contributed by atoms with Crippen molar-refractivity contribution in [2.75, 3.05) is 19.7 Å². The molecule has 2 nitrogen and oxygen atoms in total. The first-order valence-electron chi connectivity index (χ1n) is 6.46. The van der Waals surface area contributed by atoms with Crippen molar-refractivity contribution in [3.8, 4) is 0 Å². The Kier molecular flexibility index (Phi) is 6.57. The van der Waals surface area contributed by atoms with Gasteiger partial charge in [-0.25, -0.2) is 0 Å². The summed E-state index contributed by atoms with van der Waals surface area (Å²) in [5, 5.41) is 12.8. The molecule has 0 aromatic carbocycles. The summed E-state index contributed by atoms with van der Waals surface area (Å²) in [6.45, 7) is 15.7. The number of hydrogen-bond donors (Lipinski definition) is 2. The minimum atomic E-state index is 0.299. The van der Waals surface area contributed by atoms with Gasteiger partial charge in [-0.3, -0.25) is 0 Å². The fraction of sp³-hybridized carbons (Fsp3) is 1.00. The van der Waals surface area contributed by atoms with Crippen molar-refractivity contribution in [2.24, 2.45) is 16.7 Å². The van der Waals surface area contributed by atoms with E-state index >= 15 is 0 Å². The molecule has 16 heavy (non-hydrogen) atoms. The van der Waals surface area contributed by atoms with E-state index in [1.807, 2.05) is 0 Å². The molecule has 2 N–H and O–H groups in total. The van der Waals surface area contributed by atoms with Crippen molar-refractivity contribution in [2.45, 2.75) is 54.4 Å². The Balaban J connectivity index is 3.76. The minimum Gasteiger partial charge on any atom is -0.396 e. The van der Waals surface area contributed by atoms with Gasteiger partial charge in [0, 0.05) is 19.7 Å². The molecule has 0 aromatic heterocycles. The van der Waals surface area contributed by atoms with Crippen LogP contribution in [-0.4, -0.2) is 24.8 Å². The molecular weight excluding hydrogens is 198 g/mol. The Morgan fingerprint density at radius 1 is 1.00 bits per heavy atom. The largest absolute Gasteiger partial charge is 0.396 e. The third kappa shape index (κ3) is 10.4. The predicted octanol–water partition coefficient (Wildman–Crippen LogP) is 3.06. The fourth-order valence-corrected chi connectivity index (χ4v) is 1.55. The van der Waals surface area contributed by atoms with Gasteiger partial charge in [0.15, 0.2) is 0 Å². The van der Waals surface area contributed by atoms with Gasteiger partial charge in [-0.1, -0.05) is 41.5 Å². The maximum Gasteiger partial charge on any atom is 0.0471 e. The second kappa shape index (κ2) is 6.61. The highest BCUT2D eigenvalue weighted by Crippen LogP contribution is 2.23. The van der Waals surface area contributed by atoms with Gasteiger partial charge in [-0.15, -0.1) is 0 Å². The lowest BCUT2D eigenvalue weighted by atomic mass is 9.87. The van der Waals surface area contributed by atoms with Crippen molar-refractivity contribution in [1.29, 1.82) is 0 Å². The summed E-state index contributed by atoms with van der Waals surface area (Å²) in [5.74, 6) is 0.404. The maximum atomic E-state index is 9.31. The van der Waals surface area contributed by atoms with Crippen LogP contribution >= 0.6 is 0 Å². The van der Waals surface area contributed by atoms with Crippen LogP contribution in [0.25, 0.3) is 0 Å². The van der Waals surface area contributed by atoms with E-state index in [0.29, 0.717) is 23.4 Å². The van der Waals surface area contributed by atoms with Crippen molar-refractivity contribution in [1.82, 2.24) is 5.32 Å². The van der Waals surface area contributed by atoms with Crippen LogP contribution in [0.1, 0.15) is 54.4 Å². The van der Waals surface area contributed by atoms with Gasteiger partial charge in [0.2, 0.25) is 0 Å². The average Bonchev–Trinajstić information content (AvgIpc) is 2.07. The first-order valence-corrected chi connectivity index (χ1v) is 6.46. The molecule has 0 amide bonds. The van der Waals surface area contributed by atoms with Gasteiger partial charge in [-0.2, -0.15) is 0 Å². The molecule has 0 saturated carbocycles. The van der Waals surface area contributed by atoms with Crippen molar-refractivity contribution >= 4 is 0 Å². The van der Waals surface area contributed by atoms with E-state index in [0.717, 1.165) is 19.5 Å². The smallest absolute Gasteiger partial charge is 0.0471 e. The van der Waals surface area contributed by atoms with E-state index in [1.165, 1.54) is 6.42 Å². The number of nitrogens with one attached hydrogen (secondary N) is 1. The third-order valence-corrected chi connectivity index (χ3v) is 2.65. The first-order chi connectivity index (χ1) is 7.14. The first kappa shape index (κ1) is 15.9. The number of aliphatic hydroxyl groups is 1. The molecular formula is C14H31NO. The van der Waals surface area contributed by atoms with E-state index in [4.69, 9.17) is 0 Å². The van der Waals surface area contributed by atoms with Crippen LogP contribution in [0.3, 0.4) is 0 Å². The molecule has 0 rings (SSSR count). The van der Waals surface area contributed by atoms with Crippen molar-refractivity contribution in [3.63, 3.8) is 0 Å². The van der Waals surface area contributed by atoms with E-state index < -0.39 is 0 Å². The van der Waals surface area contributed by atoms with Crippen LogP contribution in [0.4, 0.5) is 0 Å². The van der Waals surface area contributed by atoms with Gasteiger partial charge < -0.3 is 10.4 Å². The average molecular weight is 229 g/mol. The SMILES string of the molecule is CC(C)(C)CC[C@H](CO)CNCC(C)(C)C. The molecule has 0 aliphatic rings. The van der Waals surface area contributed by atoms with E-state index in [-0.39, 0.29) is 0 Å². The monoisotopic (exact) mass is 229 g/mol. The predicted molar refractivity (Wildman–Crippen MR) is 71.6 cm³/mol. The van der Waals surface area contributed by atoms with Crippen LogP contribution < -0.4 is 5.32 Å². The topological polar surface area (TPSA) is 32.3 Å². The van der Waals surface area contributed by atoms with Gasteiger partial charge in [0.05, 0.1) is 0 Å². The molecule has 0 aliphatic carbocycles. The molecule has 0 fully saturated rings. The number of aliphatic hydroxyl groups excluding tert-OH is 1. The summed E-state index contributed by atoms with van der Waals surface area (Å²) in [4.78, 5) is 0. The molecule has 0 unspecified atom stereocenters. The molecule has 0 aliphatic heterocycles. The maximum absolute atomic E-state index is 9.31. The molecule has 0 radical (unpaired) electrons. The van der Waals surface area contributed by atoms with E-state index in [9.17, 15) is 5.11 Å². The molecule has 1 atom stereocenters. The Morgan fingerprint density at radius 3 is 1.94 bits per heavy atom. The summed E-state index contributed by atoms with van der Waals surface area (Å²) in [6.07, 6.45) is 2.28. The summed E-state index contributed by atoms with van der Waals surface area (Å²) in [6, 6.07) is 0. The quantitative estimate of drug-likeness (QED) is 0.733. The second-order valence-corrected chi connectivity index (χ2v) is 7.34. The molecule has 2 heteroatoms. The number of rotatable bonds is 6. The van der Waals surface area contributed by atoms with Gasteiger partial charge >= 0.3 is 0 Å². The summed E-state index contributed by atoms with van der Waals surface area (Å²) < 4.78 is 0. The van der Waals surface area contributed by atoms with E-state index in [2.05, 4.69) is 46.9 Å². The summed E-state index contributed by atoms with van der Waals surface area (Å²) in [7, 11) is 0. The molecule has 0 bridgehead atoms. The van der Waals surface area contributed by atoms with Gasteiger partial charge in [0.1, 0.15) is 0 Å². The normalized spacial score (nSPS) is 15.2. The standard InChI is InChI=1S/C14H31NO/c1-13(2,3)8-7-12(10-16)9-15-11-14(4,5)6/h12,15-16H,7-11H2,1-6H3/t12-/m0/s1. The Morgan fingerprint density at radius 2 is 1.56 bits per heavy atom. The van der Waals surface area contributed by atoms with Crippen molar-refractivity contribution in [3.05, 3.63) is 0 Å². The van der Waals surface area contributed by atoms with Crippen LogP contribution in [0, 0.1) is 16.7 Å². The van der Waals surface area contributed by atoms with Crippen LogP contribution in [0.15, 0.2) is 0 Å². The fourth-order valence-electron chi connectivity index (χ4n) is 1.55. The second-order valence-electron chi connectivity index (χ2n) is 7.34. The van der Waals surface area contributed by atoms with E-state index in [1.54, 1.807) is 0 Å². The zero-order valence-corrected chi connectivity index (χ0v) is 12.1. The lowest BCUT2D eigenvalue weighted by Gasteiger charge is -2.24. The number of hydrogen-bond acceptors (Lipinski definition) is 2. The van der Waals surface area contributed by atoms with Crippen molar-refractivity contribution < 1.29 is 5.11 Å². The molecule has 0 spiro atoms. The molecule has 0 saturated heterocycles.